The molecule has 1 aromatic carbocycles. The highest BCUT2D eigenvalue weighted by Crippen LogP contribution is 2.46. The largest absolute Gasteiger partial charge is 0.462 e. The molecular weight excluding hydrogens is 530 g/mol. The van der Waals surface area contributed by atoms with Gasteiger partial charge in [0, 0.05) is 26.9 Å². The first kappa shape index (κ1) is 23.4. The maximum Gasteiger partial charge on any atom is 0.341 e. The minimum atomic E-state index is -0.391. The Morgan fingerprint density at radius 3 is 2.74 bits per heavy atom. The van der Waals surface area contributed by atoms with Crippen molar-refractivity contribution < 1.29 is 14.3 Å². The van der Waals surface area contributed by atoms with Crippen LogP contribution >= 0.6 is 39.0 Å². The summed E-state index contributed by atoms with van der Waals surface area (Å²) in [6, 6.07) is 11.4. The molecule has 4 aromatic rings. The van der Waals surface area contributed by atoms with E-state index in [9.17, 15) is 9.59 Å². The van der Waals surface area contributed by atoms with Gasteiger partial charge in [-0.05, 0) is 75.1 Å². The summed E-state index contributed by atoms with van der Waals surface area (Å²) in [5.74, 6) is -0.468. The molecule has 0 spiro atoms. The summed E-state index contributed by atoms with van der Waals surface area (Å²) in [5, 5.41) is 1.05. The number of aromatic nitrogens is 1. The molecule has 34 heavy (non-hydrogen) atoms. The molecule has 0 aliphatic heterocycles. The summed E-state index contributed by atoms with van der Waals surface area (Å²) >= 11 is 6.72. The van der Waals surface area contributed by atoms with Crippen LogP contribution in [-0.2, 0) is 4.74 Å². The molecule has 3 aromatic heterocycles. The van der Waals surface area contributed by atoms with E-state index in [0.717, 1.165) is 44.5 Å². The first-order valence-corrected chi connectivity index (χ1v) is 13.8. The number of carbonyl (C=O) groups is 2. The number of thioether (sulfide) groups is 1. The van der Waals surface area contributed by atoms with Crippen LogP contribution in [0.4, 0.5) is 0 Å². The topological polar surface area (TPSA) is 47.8 Å². The number of fused-ring (bicyclic) bond motifs is 3. The summed E-state index contributed by atoms with van der Waals surface area (Å²) in [4.78, 5) is 27.6. The summed E-state index contributed by atoms with van der Waals surface area (Å²) in [7, 11) is 0. The molecule has 5 rings (SSSR count). The summed E-state index contributed by atoms with van der Waals surface area (Å²) < 4.78 is 9.50. The van der Waals surface area contributed by atoms with E-state index in [-0.39, 0.29) is 12.4 Å². The lowest BCUT2D eigenvalue weighted by molar-refractivity contribution is 0.0531. The number of benzene rings is 1. The van der Waals surface area contributed by atoms with E-state index in [4.69, 9.17) is 4.74 Å². The van der Waals surface area contributed by atoms with E-state index in [2.05, 4.69) is 32.5 Å². The number of hydrogen-bond donors (Lipinski definition) is 0. The van der Waals surface area contributed by atoms with Crippen LogP contribution in [0.15, 0.2) is 63.4 Å². The van der Waals surface area contributed by atoms with E-state index in [1.54, 1.807) is 18.7 Å². The summed E-state index contributed by atoms with van der Waals surface area (Å²) in [6.07, 6.45) is 9.88. The number of ketones is 1. The number of pyridine rings is 1. The molecule has 174 valence electrons. The van der Waals surface area contributed by atoms with Crippen molar-refractivity contribution >= 4 is 67.2 Å². The number of ether oxygens (including phenoxy) is 1. The highest BCUT2D eigenvalue weighted by molar-refractivity contribution is 9.10. The number of aryl methyl sites for hydroxylation is 1. The zero-order valence-electron chi connectivity index (χ0n) is 19.0. The number of rotatable bonds is 6. The number of nitrogens with zero attached hydrogens (tertiary/aromatic N) is 1. The maximum atomic E-state index is 13.8. The van der Waals surface area contributed by atoms with Crippen molar-refractivity contribution in [3.05, 3.63) is 80.8 Å². The number of carbonyl (C=O) groups excluding carboxylic acids is 2. The van der Waals surface area contributed by atoms with E-state index in [0.29, 0.717) is 26.6 Å². The number of allylic oxidation sites excluding steroid dienone is 1. The van der Waals surface area contributed by atoms with E-state index >= 15 is 0 Å². The van der Waals surface area contributed by atoms with Gasteiger partial charge in [0.1, 0.15) is 0 Å². The SMILES string of the molecule is CCOC(=O)c1c2c(C(=O)c3ccc(Br)cc3)sc(SC3C=CCCC3)c2n2ccc(C)cc12. The molecule has 0 amide bonds. The van der Waals surface area contributed by atoms with Gasteiger partial charge in [-0.15, -0.1) is 23.1 Å². The van der Waals surface area contributed by atoms with E-state index in [1.165, 1.54) is 11.3 Å². The van der Waals surface area contributed by atoms with Gasteiger partial charge < -0.3 is 9.14 Å². The molecule has 0 N–H and O–H groups in total. The van der Waals surface area contributed by atoms with Crippen LogP contribution in [-0.4, -0.2) is 28.0 Å². The molecule has 0 radical (unpaired) electrons. The Labute approximate surface area is 215 Å². The molecule has 0 bridgehead atoms. The lowest BCUT2D eigenvalue weighted by Crippen LogP contribution is -2.06. The third kappa shape index (κ3) is 4.25. The Morgan fingerprint density at radius 2 is 2.03 bits per heavy atom. The van der Waals surface area contributed by atoms with Crippen molar-refractivity contribution in [2.45, 2.75) is 42.6 Å². The maximum absolute atomic E-state index is 13.8. The second kappa shape index (κ2) is 9.72. The van der Waals surface area contributed by atoms with Gasteiger partial charge in [0.25, 0.3) is 0 Å². The molecular formula is C27H24BrNO3S2. The van der Waals surface area contributed by atoms with Gasteiger partial charge in [0.05, 0.1) is 32.3 Å². The number of halogens is 1. The fourth-order valence-corrected chi connectivity index (χ4v) is 7.51. The average Bonchev–Trinajstić information content (AvgIpc) is 3.35. The smallest absolute Gasteiger partial charge is 0.341 e. The van der Waals surface area contributed by atoms with Crippen LogP contribution in [0.3, 0.4) is 0 Å². The van der Waals surface area contributed by atoms with Crippen LogP contribution in [0.1, 0.15) is 57.3 Å². The number of thiophene rings is 1. The van der Waals surface area contributed by atoms with Crippen LogP contribution in [0.2, 0.25) is 0 Å². The summed E-state index contributed by atoms with van der Waals surface area (Å²) in [5.41, 5.74) is 3.83. The van der Waals surface area contributed by atoms with Gasteiger partial charge in [-0.2, -0.15) is 0 Å². The predicted octanol–water partition coefficient (Wildman–Crippen LogP) is 7.83. The molecule has 0 saturated carbocycles. The normalized spacial score (nSPS) is 15.8. The molecule has 7 heteroatoms. The summed E-state index contributed by atoms with van der Waals surface area (Å²) in [6.45, 7) is 4.08. The lowest BCUT2D eigenvalue weighted by Gasteiger charge is -2.14. The van der Waals surface area contributed by atoms with Crippen molar-refractivity contribution in [2.24, 2.45) is 0 Å². The second-order valence-electron chi connectivity index (χ2n) is 8.35. The fraction of sp³-hybridized carbons (Fsp3) is 0.259. The van der Waals surface area contributed by atoms with Crippen LogP contribution in [0, 0.1) is 6.92 Å². The Bertz CT molecular complexity index is 1430. The lowest BCUT2D eigenvalue weighted by atomic mass is 10.1. The van der Waals surface area contributed by atoms with Gasteiger partial charge in [0.15, 0.2) is 0 Å². The van der Waals surface area contributed by atoms with Gasteiger partial charge in [-0.25, -0.2) is 4.79 Å². The molecule has 1 aliphatic carbocycles. The van der Waals surface area contributed by atoms with Crippen molar-refractivity contribution in [3.8, 4) is 0 Å². The predicted molar refractivity (Wildman–Crippen MR) is 144 cm³/mol. The Hall–Kier alpha value is -2.35. The molecule has 0 fully saturated rings. The second-order valence-corrected chi connectivity index (χ2v) is 11.8. The Kier molecular flexibility index (Phi) is 6.69. The molecule has 0 saturated heterocycles. The van der Waals surface area contributed by atoms with Crippen molar-refractivity contribution in [1.29, 1.82) is 0 Å². The van der Waals surface area contributed by atoms with Crippen molar-refractivity contribution in [3.63, 3.8) is 0 Å². The van der Waals surface area contributed by atoms with Crippen molar-refractivity contribution in [1.82, 2.24) is 4.40 Å². The van der Waals surface area contributed by atoms with E-state index < -0.39 is 5.97 Å². The van der Waals surface area contributed by atoms with Gasteiger partial charge >= 0.3 is 5.97 Å². The highest BCUT2D eigenvalue weighted by atomic mass is 79.9. The van der Waals surface area contributed by atoms with Gasteiger partial charge in [0.2, 0.25) is 5.78 Å². The minimum Gasteiger partial charge on any atom is -0.462 e. The molecule has 3 heterocycles. The number of hydrogen-bond acceptors (Lipinski definition) is 5. The van der Waals surface area contributed by atoms with Crippen LogP contribution in [0.5, 0.6) is 0 Å². The molecule has 1 aliphatic rings. The standard InChI is InChI=1S/C27H24BrNO3S2/c1-3-32-26(31)21-20-15-16(2)13-14-29(20)23-22(21)25(24(30)17-9-11-18(28)12-10-17)34-27(23)33-19-7-5-4-6-8-19/h5,7,9-15,19H,3-4,6,8H2,1-2H3. The first-order chi connectivity index (χ1) is 16.5. The minimum absolute atomic E-state index is 0.0771. The molecule has 4 nitrogen and oxygen atoms in total. The first-order valence-electron chi connectivity index (χ1n) is 11.4. The van der Waals surface area contributed by atoms with Gasteiger partial charge in [-0.3, -0.25) is 4.79 Å². The highest BCUT2D eigenvalue weighted by Gasteiger charge is 2.30. The zero-order valence-corrected chi connectivity index (χ0v) is 22.2. The number of esters is 1. The Balaban J connectivity index is 1.79. The third-order valence-corrected chi connectivity index (χ3v) is 9.11. The van der Waals surface area contributed by atoms with Crippen LogP contribution < -0.4 is 0 Å². The van der Waals surface area contributed by atoms with E-state index in [1.807, 2.05) is 49.5 Å². The van der Waals surface area contributed by atoms with Gasteiger partial charge in [-0.1, -0.05) is 28.1 Å². The Morgan fingerprint density at radius 1 is 1.24 bits per heavy atom. The fourth-order valence-electron chi connectivity index (χ4n) is 4.37. The van der Waals surface area contributed by atoms with Crippen LogP contribution in [0.25, 0.3) is 16.4 Å². The average molecular weight is 555 g/mol. The van der Waals surface area contributed by atoms with Crippen molar-refractivity contribution in [2.75, 3.05) is 6.61 Å². The molecule has 1 atom stereocenters. The zero-order chi connectivity index (χ0) is 23.8. The molecule has 1 unspecified atom stereocenters. The third-order valence-electron chi connectivity index (χ3n) is 5.97. The monoisotopic (exact) mass is 553 g/mol. The quantitative estimate of drug-likeness (QED) is 0.138.